The van der Waals surface area contributed by atoms with E-state index in [9.17, 15) is 4.79 Å². The summed E-state index contributed by atoms with van der Waals surface area (Å²) in [6, 6.07) is 5.32. The number of anilines is 1. The van der Waals surface area contributed by atoms with Crippen LogP contribution in [0.3, 0.4) is 0 Å². The Hall–Kier alpha value is -2.54. The summed E-state index contributed by atoms with van der Waals surface area (Å²) in [5.41, 5.74) is 1.91. The summed E-state index contributed by atoms with van der Waals surface area (Å²) in [5.74, 6) is 0.249. The zero-order chi connectivity index (χ0) is 13.9. The summed E-state index contributed by atoms with van der Waals surface area (Å²) < 4.78 is 4.86. The molecule has 0 radical (unpaired) electrons. The normalized spacial score (nSPS) is 10.4. The van der Waals surface area contributed by atoms with Crippen molar-refractivity contribution in [1.82, 2.24) is 15.1 Å². The number of aromatic nitrogens is 3. The molecule has 0 aliphatic rings. The number of hydrogen-bond acceptors (Lipinski definition) is 6. The van der Waals surface area contributed by atoms with Crippen LogP contribution in [0.25, 0.3) is 11.3 Å². The fraction of sp³-hybridized carbons (Fsp3) is 0.0769. The Morgan fingerprint density at radius 1 is 1.45 bits per heavy atom. The van der Waals surface area contributed by atoms with E-state index in [0.717, 1.165) is 11.3 Å². The Morgan fingerprint density at radius 3 is 3.05 bits per heavy atom. The van der Waals surface area contributed by atoms with Gasteiger partial charge in [-0.3, -0.25) is 15.1 Å². The van der Waals surface area contributed by atoms with Crippen LogP contribution in [0.5, 0.6) is 0 Å². The number of nitrogens with one attached hydrogen (secondary N) is 1. The molecule has 3 rings (SSSR count). The van der Waals surface area contributed by atoms with Crippen molar-refractivity contribution < 1.29 is 9.32 Å². The fourth-order valence-electron chi connectivity index (χ4n) is 1.61. The lowest BCUT2D eigenvalue weighted by molar-refractivity contribution is 0.101. The molecule has 0 aliphatic heterocycles. The summed E-state index contributed by atoms with van der Waals surface area (Å²) in [6.45, 7) is 1.73. The van der Waals surface area contributed by atoms with Gasteiger partial charge < -0.3 is 4.52 Å². The highest BCUT2D eigenvalue weighted by Crippen LogP contribution is 2.24. The number of amides is 1. The third-order valence-corrected chi connectivity index (χ3v) is 3.30. The van der Waals surface area contributed by atoms with Crippen molar-refractivity contribution in [2.45, 2.75) is 6.92 Å². The van der Waals surface area contributed by atoms with Gasteiger partial charge in [0.05, 0.1) is 5.69 Å². The molecule has 20 heavy (non-hydrogen) atoms. The maximum atomic E-state index is 11.9. The predicted octanol–water partition coefficient (Wildman–Crippen LogP) is 2.75. The summed E-state index contributed by atoms with van der Waals surface area (Å²) in [4.78, 5) is 20.3. The van der Waals surface area contributed by atoms with Crippen LogP contribution in [0.2, 0.25) is 0 Å². The molecular weight excluding hydrogens is 276 g/mol. The smallest absolute Gasteiger partial charge is 0.279 e. The molecule has 0 aromatic carbocycles. The minimum atomic E-state index is -0.339. The minimum absolute atomic E-state index is 0.237. The second kappa shape index (κ2) is 5.22. The van der Waals surface area contributed by atoms with E-state index in [0.29, 0.717) is 10.9 Å². The molecule has 3 aromatic heterocycles. The molecule has 100 valence electrons. The molecule has 0 atom stereocenters. The van der Waals surface area contributed by atoms with E-state index in [1.165, 1.54) is 11.3 Å². The molecule has 3 heterocycles. The average molecular weight is 286 g/mol. The van der Waals surface area contributed by atoms with E-state index in [-0.39, 0.29) is 11.6 Å². The van der Waals surface area contributed by atoms with E-state index in [4.69, 9.17) is 4.52 Å². The minimum Gasteiger partial charge on any atom is -0.361 e. The van der Waals surface area contributed by atoms with Crippen LogP contribution in [0, 0.1) is 6.92 Å². The molecule has 7 heteroatoms. The Kier molecular flexibility index (Phi) is 3.26. The molecule has 0 saturated carbocycles. The number of hydrogen-bond donors (Lipinski definition) is 1. The van der Waals surface area contributed by atoms with Crippen LogP contribution in [-0.4, -0.2) is 21.0 Å². The van der Waals surface area contributed by atoms with Gasteiger partial charge in [0.15, 0.2) is 10.8 Å². The Balaban J connectivity index is 1.76. The monoisotopic (exact) mass is 286 g/mol. The quantitative estimate of drug-likeness (QED) is 0.800. The van der Waals surface area contributed by atoms with Gasteiger partial charge in [-0.05, 0) is 19.1 Å². The SMILES string of the molecule is Cc1cc(C(=O)Nc2nc(-c3cccnc3)cs2)no1. The highest BCUT2D eigenvalue weighted by molar-refractivity contribution is 7.14. The lowest BCUT2D eigenvalue weighted by atomic mass is 10.2. The van der Waals surface area contributed by atoms with Gasteiger partial charge in [-0.15, -0.1) is 11.3 Å². The third kappa shape index (κ3) is 2.57. The molecular formula is C13H10N4O2S. The number of rotatable bonds is 3. The molecule has 0 fully saturated rings. The van der Waals surface area contributed by atoms with Crippen molar-refractivity contribution in [3.05, 3.63) is 47.4 Å². The lowest BCUT2D eigenvalue weighted by Crippen LogP contribution is -2.11. The van der Waals surface area contributed by atoms with Gasteiger partial charge >= 0.3 is 0 Å². The van der Waals surface area contributed by atoms with Gasteiger partial charge in [-0.25, -0.2) is 4.98 Å². The van der Waals surface area contributed by atoms with Crippen LogP contribution in [0.4, 0.5) is 5.13 Å². The summed E-state index contributed by atoms with van der Waals surface area (Å²) >= 11 is 1.34. The number of nitrogens with zero attached hydrogens (tertiary/aromatic N) is 3. The first-order chi connectivity index (χ1) is 9.72. The molecule has 6 nitrogen and oxygen atoms in total. The van der Waals surface area contributed by atoms with Gasteiger partial charge in [0.2, 0.25) is 0 Å². The number of carbonyl (C=O) groups excluding carboxylic acids is 1. The second-order valence-electron chi connectivity index (χ2n) is 4.06. The second-order valence-corrected chi connectivity index (χ2v) is 4.91. The highest BCUT2D eigenvalue weighted by Gasteiger charge is 2.13. The fourth-order valence-corrected chi connectivity index (χ4v) is 2.33. The van der Waals surface area contributed by atoms with E-state index in [1.54, 1.807) is 25.4 Å². The third-order valence-electron chi connectivity index (χ3n) is 2.54. The van der Waals surface area contributed by atoms with Gasteiger partial charge in [-0.1, -0.05) is 5.16 Å². The molecule has 0 spiro atoms. The Labute approximate surface area is 118 Å². The number of pyridine rings is 1. The molecule has 0 aliphatic carbocycles. The average Bonchev–Trinajstić information content (AvgIpc) is 3.09. The first-order valence-corrected chi connectivity index (χ1v) is 6.71. The molecule has 1 amide bonds. The zero-order valence-electron chi connectivity index (χ0n) is 10.5. The van der Waals surface area contributed by atoms with Gasteiger partial charge in [0.1, 0.15) is 5.76 Å². The molecule has 0 bridgehead atoms. The van der Waals surface area contributed by atoms with Crippen molar-refractivity contribution in [2.24, 2.45) is 0 Å². The molecule has 0 unspecified atom stereocenters. The Morgan fingerprint density at radius 2 is 2.35 bits per heavy atom. The summed E-state index contributed by atoms with van der Waals surface area (Å²) in [7, 11) is 0. The number of aryl methyl sites for hydroxylation is 1. The largest absolute Gasteiger partial charge is 0.361 e. The van der Waals surface area contributed by atoms with E-state index < -0.39 is 0 Å². The number of thiazole rings is 1. The highest BCUT2D eigenvalue weighted by atomic mass is 32.1. The molecule has 3 aromatic rings. The van der Waals surface area contributed by atoms with E-state index in [2.05, 4.69) is 20.4 Å². The first-order valence-electron chi connectivity index (χ1n) is 5.83. The Bertz CT molecular complexity index is 736. The van der Waals surface area contributed by atoms with Crippen molar-refractivity contribution in [2.75, 3.05) is 5.32 Å². The molecule has 1 N–H and O–H groups in total. The van der Waals surface area contributed by atoms with Crippen LogP contribution in [0.1, 0.15) is 16.2 Å². The predicted molar refractivity (Wildman–Crippen MR) is 74.5 cm³/mol. The van der Waals surface area contributed by atoms with Crippen molar-refractivity contribution in [3.63, 3.8) is 0 Å². The van der Waals surface area contributed by atoms with Crippen LogP contribution >= 0.6 is 11.3 Å². The lowest BCUT2D eigenvalue weighted by Gasteiger charge is -1.97. The zero-order valence-corrected chi connectivity index (χ0v) is 11.3. The van der Waals surface area contributed by atoms with E-state index >= 15 is 0 Å². The summed E-state index contributed by atoms with van der Waals surface area (Å²) in [6.07, 6.45) is 3.42. The maximum absolute atomic E-state index is 11.9. The van der Waals surface area contributed by atoms with Crippen LogP contribution in [-0.2, 0) is 0 Å². The summed E-state index contributed by atoms with van der Waals surface area (Å²) in [5, 5.41) is 8.71. The maximum Gasteiger partial charge on any atom is 0.279 e. The topological polar surface area (TPSA) is 80.9 Å². The van der Waals surface area contributed by atoms with Crippen LogP contribution < -0.4 is 5.32 Å². The van der Waals surface area contributed by atoms with Crippen molar-refractivity contribution in [3.8, 4) is 11.3 Å². The van der Waals surface area contributed by atoms with Crippen molar-refractivity contribution >= 4 is 22.4 Å². The van der Waals surface area contributed by atoms with Gasteiger partial charge in [0.25, 0.3) is 5.91 Å². The number of carbonyl (C=O) groups is 1. The van der Waals surface area contributed by atoms with E-state index in [1.807, 2.05) is 17.5 Å². The first kappa shape index (κ1) is 12.5. The van der Waals surface area contributed by atoms with Gasteiger partial charge in [0, 0.05) is 29.4 Å². The molecule has 0 saturated heterocycles. The van der Waals surface area contributed by atoms with Crippen LogP contribution in [0.15, 0.2) is 40.5 Å². The van der Waals surface area contributed by atoms with Gasteiger partial charge in [-0.2, -0.15) is 0 Å². The van der Waals surface area contributed by atoms with Crippen molar-refractivity contribution in [1.29, 1.82) is 0 Å². The standard InChI is InChI=1S/C13H10N4O2S/c1-8-5-10(17-19-8)12(18)16-13-15-11(7-20-13)9-3-2-4-14-6-9/h2-7H,1H3,(H,15,16,18).